The number of halogens is 1. The van der Waals surface area contributed by atoms with Crippen molar-refractivity contribution in [3.8, 4) is 11.5 Å². The molecule has 0 radical (unpaired) electrons. The minimum Gasteiger partial charge on any atom is -0.486 e. The Hall–Kier alpha value is -1.11. The molecule has 0 aromatic heterocycles. The van der Waals surface area contributed by atoms with Crippen molar-refractivity contribution in [2.24, 2.45) is 5.73 Å². The zero-order chi connectivity index (χ0) is 15.2. The smallest absolute Gasteiger partial charge is 0.237 e. The minimum atomic E-state index is -0.461. The maximum Gasteiger partial charge on any atom is 0.237 e. The Balaban J connectivity index is 0.00000242. The van der Waals surface area contributed by atoms with Gasteiger partial charge >= 0.3 is 0 Å². The van der Waals surface area contributed by atoms with Crippen LogP contribution in [0.5, 0.6) is 11.5 Å². The van der Waals surface area contributed by atoms with Crippen molar-refractivity contribution in [1.82, 2.24) is 5.32 Å². The van der Waals surface area contributed by atoms with Crippen molar-refractivity contribution in [2.75, 3.05) is 25.2 Å². The van der Waals surface area contributed by atoms with E-state index in [9.17, 15) is 4.79 Å². The van der Waals surface area contributed by atoms with Crippen LogP contribution in [-0.2, 0) is 4.79 Å². The number of hydrogen-bond donors (Lipinski definition) is 2. The van der Waals surface area contributed by atoms with Gasteiger partial charge in [-0.3, -0.25) is 4.79 Å². The Labute approximate surface area is 141 Å². The molecular formula is C15H23ClN2O3S. The van der Waals surface area contributed by atoms with Crippen molar-refractivity contribution in [3.05, 3.63) is 23.8 Å². The highest BCUT2D eigenvalue weighted by atomic mass is 35.5. The Bertz CT molecular complexity index is 502. The fourth-order valence-electron chi connectivity index (χ4n) is 2.11. The van der Waals surface area contributed by atoms with E-state index in [1.807, 2.05) is 31.4 Å². The van der Waals surface area contributed by atoms with Crippen LogP contribution >= 0.6 is 24.2 Å². The Kier molecular flexibility index (Phi) is 7.85. The van der Waals surface area contributed by atoms with Gasteiger partial charge in [0.2, 0.25) is 5.91 Å². The van der Waals surface area contributed by atoms with E-state index in [0.29, 0.717) is 19.6 Å². The van der Waals surface area contributed by atoms with Crippen LogP contribution in [-0.4, -0.2) is 37.2 Å². The molecule has 0 fully saturated rings. The Morgan fingerprint density at radius 2 is 2.05 bits per heavy atom. The van der Waals surface area contributed by atoms with Crippen molar-refractivity contribution >= 4 is 30.1 Å². The van der Waals surface area contributed by atoms with Gasteiger partial charge in [-0.15, -0.1) is 12.4 Å². The van der Waals surface area contributed by atoms with Gasteiger partial charge < -0.3 is 20.5 Å². The predicted molar refractivity (Wildman–Crippen MR) is 92.2 cm³/mol. The Morgan fingerprint density at radius 1 is 1.36 bits per heavy atom. The summed E-state index contributed by atoms with van der Waals surface area (Å²) in [6.45, 7) is 3.06. The highest BCUT2D eigenvalue weighted by molar-refractivity contribution is 7.98. The lowest BCUT2D eigenvalue weighted by Gasteiger charge is -2.22. The second-order valence-electron chi connectivity index (χ2n) is 5.02. The Morgan fingerprint density at radius 3 is 2.73 bits per heavy atom. The van der Waals surface area contributed by atoms with Gasteiger partial charge in [0.25, 0.3) is 0 Å². The molecule has 0 spiro atoms. The molecule has 0 saturated heterocycles. The molecule has 1 unspecified atom stereocenters. The number of amides is 1. The van der Waals surface area contributed by atoms with Crippen LogP contribution in [0, 0.1) is 0 Å². The SMILES string of the molecule is CSCC[C@H](N)C(=O)NC(C)c1ccc2c(c1)OCCO2.Cl. The molecule has 2 rings (SSSR count). The third-order valence-corrected chi connectivity index (χ3v) is 4.04. The number of thioether (sulfide) groups is 1. The van der Waals surface area contributed by atoms with E-state index < -0.39 is 6.04 Å². The molecule has 0 saturated carbocycles. The number of nitrogens with one attached hydrogen (secondary N) is 1. The average Bonchev–Trinajstić information content (AvgIpc) is 2.51. The highest BCUT2D eigenvalue weighted by Crippen LogP contribution is 2.32. The van der Waals surface area contributed by atoms with Gasteiger partial charge in [-0.05, 0) is 43.0 Å². The van der Waals surface area contributed by atoms with Crippen LogP contribution < -0.4 is 20.5 Å². The topological polar surface area (TPSA) is 73.6 Å². The molecule has 1 aromatic rings. The molecule has 0 aliphatic carbocycles. The standard InChI is InChI=1S/C15H22N2O3S.ClH/c1-10(17-15(18)12(16)5-8-21-2)11-3-4-13-14(9-11)20-7-6-19-13;/h3-4,9-10,12H,5-8,16H2,1-2H3,(H,17,18);1H/t10?,12-;/m0./s1. The molecule has 3 N–H and O–H groups in total. The monoisotopic (exact) mass is 346 g/mol. The lowest BCUT2D eigenvalue weighted by atomic mass is 10.1. The van der Waals surface area contributed by atoms with E-state index in [4.69, 9.17) is 15.2 Å². The third kappa shape index (κ3) is 4.97. The molecule has 124 valence electrons. The van der Waals surface area contributed by atoms with Gasteiger partial charge in [-0.1, -0.05) is 6.07 Å². The summed E-state index contributed by atoms with van der Waals surface area (Å²) in [4.78, 5) is 12.0. The zero-order valence-corrected chi connectivity index (χ0v) is 14.5. The largest absolute Gasteiger partial charge is 0.486 e. The first-order valence-corrected chi connectivity index (χ1v) is 8.45. The lowest BCUT2D eigenvalue weighted by molar-refractivity contribution is -0.123. The van der Waals surface area contributed by atoms with Gasteiger partial charge in [0.1, 0.15) is 13.2 Å². The van der Waals surface area contributed by atoms with Crippen molar-refractivity contribution in [2.45, 2.75) is 25.4 Å². The molecule has 5 nitrogen and oxygen atoms in total. The van der Waals surface area contributed by atoms with Gasteiger partial charge in [0.05, 0.1) is 12.1 Å². The van der Waals surface area contributed by atoms with E-state index in [1.165, 1.54) is 0 Å². The summed E-state index contributed by atoms with van der Waals surface area (Å²) >= 11 is 1.69. The van der Waals surface area contributed by atoms with Crippen molar-refractivity contribution in [1.29, 1.82) is 0 Å². The number of carbonyl (C=O) groups is 1. The number of ether oxygens (including phenoxy) is 2. The number of rotatable bonds is 6. The summed E-state index contributed by atoms with van der Waals surface area (Å²) in [5.41, 5.74) is 6.85. The summed E-state index contributed by atoms with van der Waals surface area (Å²) in [6, 6.07) is 5.14. The number of benzene rings is 1. The van der Waals surface area contributed by atoms with E-state index in [0.717, 1.165) is 22.8 Å². The summed E-state index contributed by atoms with van der Waals surface area (Å²) in [5, 5.41) is 2.94. The van der Waals surface area contributed by atoms with Crippen LogP contribution in [0.2, 0.25) is 0 Å². The zero-order valence-electron chi connectivity index (χ0n) is 12.8. The third-order valence-electron chi connectivity index (χ3n) is 3.39. The molecular weight excluding hydrogens is 324 g/mol. The van der Waals surface area contributed by atoms with Crippen molar-refractivity contribution in [3.63, 3.8) is 0 Å². The molecule has 0 bridgehead atoms. The van der Waals surface area contributed by atoms with Gasteiger partial charge in [-0.2, -0.15) is 11.8 Å². The lowest BCUT2D eigenvalue weighted by Crippen LogP contribution is -2.41. The van der Waals surface area contributed by atoms with Crippen LogP contribution in [0.1, 0.15) is 24.9 Å². The summed E-state index contributed by atoms with van der Waals surface area (Å²) in [5.74, 6) is 2.24. The van der Waals surface area contributed by atoms with Gasteiger partial charge in [-0.25, -0.2) is 0 Å². The molecule has 2 atom stereocenters. The maximum absolute atomic E-state index is 12.0. The number of fused-ring (bicyclic) bond motifs is 1. The second kappa shape index (κ2) is 9.12. The predicted octanol–water partition coefficient (Wildman–Crippen LogP) is 2.14. The summed E-state index contributed by atoms with van der Waals surface area (Å²) in [7, 11) is 0. The average molecular weight is 347 g/mol. The second-order valence-corrected chi connectivity index (χ2v) is 6.01. The molecule has 7 heteroatoms. The molecule has 1 heterocycles. The number of carbonyl (C=O) groups excluding carboxylic acids is 1. The summed E-state index contributed by atoms with van der Waals surface area (Å²) in [6.07, 6.45) is 2.68. The van der Waals surface area contributed by atoms with E-state index >= 15 is 0 Å². The number of nitrogens with two attached hydrogens (primary N) is 1. The maximum atomic E-state index is 12.0. The van der Waals surface area contributed by atoms with E-state index in [-0.39, 0.29) is 24.4 Å². The highest BCUT2D eigenvalue weighted by Gasteiger charge is 2.18. The molecule has 1 aliphatic heterocycles. The van der Waals surface area contributed by atoms with E-state index in [1.54, 1.807) is 11.8 Å². The quantitative estimate of drug-likeness (QED) is 0.825. The molecule has 1 amide bonds. The first kappa shape index (κ1) is 18.9. The van der Waals surface area contributed by atoms with Gasteiger partial charge in [0.15, 0.2) is 11.5 Å². The molecule has 1 aliphatic rings. The fraction of sp³-hybridized carbons (Fsp3) is 0.533. The normalized spacial score (nSPS) is 15.4. The van der Waals surface area contributed by atoms with Crippen LogP contribution in [0.3, 0.4) is 0 Å². The fourth-order valence-corrected chi connectivity index (χ4v) is 2.60. The van der Waals surface area contributed by atoms with Gasteiger partial charge in [0, 0.05) is 0 Å². The minimum absolute atomic E-state index is 0. The first-order valence-electron chi connectivity index (χ1n) is 7.06. The van der Waals surface area contributed by atoms with Crippen LogP contribution in [0.4, 0.5) is 0 Å². The summed E-state index contributed by atoms with van der Waals surface area (Å²) < 4.78 is 11.0. The first-order chi connectivity index (χ1) is 10.1. The van der Waals surface area contributed by atoms with E-state index in [2.05, 4.69) is 5.32 Å². The molecule has 1 aromatic carbocycles. The molecule has 22 heavy (non-hydrogen) atoms. The van der Waals surface area contributed by atoms with Crippen molar-refractivity contribution < 1.29 is 14.3 Å². The van der Waals surface area contributed by atoms with Crippen LogP contribution in [0.15, 0.2) is 18.2 Å². The van der Waals surface area contributed by atoms with Crippen LogP contribution in [0.25, 0.3) is 0 Å². The number of hydrogen-bond acceptors (Lipinski definition) is 5.